The molecule has 0 aromatic carbocycles. The molecule has 6 aliphatic rings. The smallest absolute Gasteiger partial charge is 0.187 e. The van der Waals surface area contributed by atoms with Gasteiger partial charge in [-0.25, -0.2) is 0 Å². The van der Waals surface area contributed by atoms with Crippen molar-refractivity contribution in [3.8, 4) is 0 Å². The molecule has 21 atom stereocenters. The van der Waals surface area contributed by atoms with Gasteiger partial charge in [-0.1, -0.05) is 54.0 Å². The lowest BCUT2D eigenvalue weighted by Gasteiger charge is -2.64. The Morgan fingerprint density at radius 2 is 1.45 bits per heavy atom. The molecular formula is C41H70O14. The quantitative estimate of drug-likeness (QED) is 0.125. The maximum atomic E-state index is 12.9. The molecule has 2 aliphatic heterocycles. The fourth-order valence-corrected chi connectivity index (χ4v) is 12.6. The zero-order chi connectivity index (χ0) is 40.4. The van der Waals surface area contributed by atoms with E-state index in [1.165, 1.54) is 7.11 Å². The molecule has 4 aliphatic carbocycles. The summed E-state index contributed by atoms with van der Waals surface area (Å²) in [6, 6.07) is 0. The van der Waals surface area contributed by atoms with Crippen LogP contribution in [0.15, 0.2) is 11.6 Å². The number of fused-ring (bicyclic) bond motifs is 5. The Balaban J connectivity index is 1.13. The van der Waals surface area contributed by atoms with Crippen molar-refractivity contribution in [3.63, 3.8) is 0 Å². The average Bonchev–Trinajstić information content (AvgIpc) is 3.33. The molecule has 3 saturated carbocycles. The van der Waals surface area contributed by atoms with E-state index in [0.29, 0.717) is 38.2 Å². The summed E-state index contributed by atoms with van der Waals surface area (Å²) in [5.74, 6) is -0.561. The molecule has 318 valence electrons. The fourth-order valence-electron chi connectivity index (χ4n) is 12.6. The molecule has 0 bridgehead atoms. The van der Waals surface area contributed by atoms with E-state index in [1.54, 1.807) is 0 Å². The van der Waals surface area contributed by atoms with E-state index in [9.17, 15) is 46.0 Å². The number of ether oxygens (including phenoxy) is 5. The van der Waals surface area contributed by atoms with Gasteiger partial charge in [-0.2, -0.15) is 0 Å². The van der Waals surface area contributed by atoms with Gasteiger partial charge in [0, 0.05) is 19.4 Å². The van der Waals surface area contributed by atoms with Gasteiger partial charge in [0.2, 0.25) is 0 Å². The first-order chi connectivity index (χ1) is 25.8. The highest BCUT2D eigenvalue weighted by atomic mass is 16.7. The Kier molecular flexibility index (Phi) is 13.3. The van der Waals surface area contributed by atoms with E-state index >= 15 is 0 Å². The summed E-state index contributed by atoms with van der Waals surface area (Å²) in [5.41, 5.74) is -1.79. The predicted molar refractivity (Wildman–Crippen MR) is 198 cm³/mol. The Labute approximate surface area is 325 Å². The van der Waals surface area contributed by atoms with Crippen molar-refractivity contribution in [1.29, 1.82) is 0 Å². The van der Waals surface area contributed by atoms with Crippen molar-refractivity contribution in [2.45, 2.75) is 166 Å². The van der Waals surface area contributed by atoms with Crippen molar-refractivity contribution >= 4 is 0 Å². The van der Waals surface area contributed by atoms with Crippen LogP contribution in [0, 0.1) is 52.3 Å². The van der Waals surface area contributed by atoms with Crippen LogP contribution in [0.1, 0.15) is 86.5 Å². The van der Waals surface area contributed by atoms with Gasteiger partial charge < -0.3 is 69.6 Å². The zero-order valence-electron chi connectivity index (χ0n) is 33.7. The van der Waals surface area contributed by atoms with E-state index in [1.807, 2.05) is 6.08 Å². The molecular weight excluding hydrogens is 716 g/mol. The molecule has 0 aromatic rings. The van der Waals surface area contributed by atoms with Gasteiger partial charge in [0.1, 0.15) is 36.6 Å². The zero-order valence-corrected chi connectivity index (χ0v) is 33.7. The maximum absolute atomic E-state index is 12.9. The number of aliphatic hydroxyl groups is 9. The lowest BCUT2D eigenvalue weighted by molar-refractivity contribution is -0.285. The third-order valence-electron chi connectivity index (χ3n) is 15.4. The lowest BCUT2D eigenvalue weighted by atomic mass is 9.43. The number of methoxy groups -OCH3 is 1. The van der Waals surface area contributed by atoms with E-state index in [4.69, 9.17) is 23.7 Å². The van der Waals surface area contributed by atoms with Crippen LogP contribution in [0.3, 0.4) is 0 Å². The molecule has 14 nitrogen and oxygen atoms in total. The maximum Gasteiger partial charge on any atom is 0.187 e. The first kappa shape index (κ1) is 43.8. The second-order valence-electron chi connectivity index (χ2n) is 19.0. The second kappa shape index (κ2) is 16.7. The second-order valence-corrected chi connectivity index (χ2v) is 19.0. The summed E-state index contributed by atoms with van der Waals surface area (Å²) in [4.78, 5) is 0. The van der Waals surface area contributed by atoms with Crippen LogP contribution in [0.2, 0.25) is 0 Å². The average molecular weight is 787 g/mol. The van der Waals surface area contributed by atoms with Crippen LogP contribution < -0.4 is 0 Å². The van der Waals surface area contributed by atoms with Gasteiger partial charge in [-0.15, -0.1) is 0 Å². The minimum Gasteiger partial charge on any atom is -0.390 e. The topological polar surface area (TPSA) is 228 Å². The molecule has 5 fully saturated rings. The van der Waals surface area contributed by atoms with Crippen LogP contribution in [0.5, 0.6) is 0 Å². The number of hydrogen-bond acceptors (Lipinski definition) is 14. The monoisotopic (exact) mass is 786 g/mol. The molecule has 2 heterocycles. The van der Waals surface area contributed by atoms with Gasteiger partial charge in [0.15, 0.2) is 12.6 Å². The Morgan fingerprint density at radius 3 is 2.11 bits per heavy atom. The van der Waals surface area contributed by atoms with E-state index in [2.05, 4.69) is 41.5 Å². The van der Waals surface area contributed by atoms with E-state index in [-0.39, 0.29) is 49.2 Å². The van der Waals surface area contributed by atoms with Crippen LogP contribution in [0.25, 0.3) is 0 Å². The highest BCUT2D eigenvalue weighted by Gasteiger charge is 2.72. The Morgan fingerprint density at radius 1 is 0.800 bits per heavy atom. The third-order valence-corrected chi connectivity index (χ3v) is 15.4. The number of hydrogen-bond donors (Lipinski definition) is 9. The minimum atomic E-state index is -1.42. The first-order valence-corrected chi connectivity index (χ1v) is 20.7. The molecule has 0 radical (unpaired) electrons. The highest BCUT2D eigenvalue weighted by Crippen LogP contribution is 2.69. The molecule has 0 amide bonds. The highest BCUT2D eigenvalue weighted by molar-refractivity contribution is 5.33. The van der Waals surface area contributed by atoms with Gasteiger partial charge in [0.05, 0.1) is 49.8 Å². The van der Waals surface area contributed by atoms with Gasteiger partial charge >= 0.3 is 0 Å². The van der Waals surface area contributed by atoms with Crippen molar-refractivity contribution < 1.29 is 69.6 Å². The molecule has 14 heteroatoms. The predicted octanol–water partition coefficient (Wildman–Crippen LogP) is 0.851. The summed E-state index contributed by atoms with van der Waals surface area (Å²) in [7, 11) is 1.42. The van der Waals surface area contributed by atoms with Crippen LogP contribution in [-0.2, 0) is 23.7 Å². The van der Waals surface area contributed by atoms with Crippen LogP contribution in [-0.4, -0.2) is 152 Å². The summed E-state index contributed by atoms with van der Waals surface area (Å²) >= 11 is 0. The third kappa shape index (κ3) is 7.74. The molecule has 10 unspecified atom stereocenters. The van der Waals surface area contributed by atoms with Crippen molar-refractivity contribution in [1.82, 2.24) is 0 Å². The standard InChI is InChI=1S/C41H70O14/c1-19(2)23(21(4)16-52-37-34(49)30(45)26(43)17-53-37)9-8-20(3)29-32(47)33(48)36-40(29,6)13-11-28-39(5)12-10-22(14-24(39)25(42)15-41(28,36)50)55-38-35(51-7)31(46)27(44)18-54-38/h14,19-23,25-38,42-50H,8-13,15-18H2,1-7H3/t20?,21?,22-,23-,25+,26+,27+,28?,29?,30?,31?,32+,33?,34?,35?,36?,37+,38-,39-,40+,41-/m0/s1. The number of rotatable bonds is 12. The first-order valence-electron chi connectivity index (χ1n) is 20.7. The van der Waals surface area contributed by atoms with Crippen molar-refractivity contribution in [2.24, 2.45) is 52.3 Å². The Bertz CT molecular complexity index is 1330. The van der Waals surface area contributed by atoms with Gasteiger partial charge in [-0.3, -0.25) is 0 Å². The molecule has 2 saturated heterocycles. The van der Waals surface area contributed by atoms with Crippen LogP contribution in [0.4, 0.5) is 0 Å². The molecule has 0 aromatic heterocycles. The largest absolute Gasteiger partial charge is 0.390 e. The van der Waals surface area contributed by atoms with Crippen molar-refractivity contribution in [2.75, 3.05) is 26.9 Å². The SMILES string of the molecule is COC1C(O)[C@H](O)CO[C@H]1O[C@@H]1C=C2[C@H](O)C[C@@]3(O)C4C(O)[C@H](O)C(C(C)CC[C@@H](C(C)C)C(C)CO[C@@H]5OC[C@@H](O)C(O)C5O)[C@@]4(C)CCC3[C@@]2(C)CC1. The van der Waals surface area contributed by atoms with E-state index in [0.717, 1.165) is 18.4 Å². The minimum absolute atomic E-state index is 0.0130. The molecule has 9 N–H and O–H groups in total. The summed E-state index contributed by atoms with van der Waals surface area (Å²) in [6.07, 6.45) is -6.42. The van der Waals surface area contributed by atoms with Gasteiger partial charge in [0.25, 0.3) is 0 Å². The molecule has 6 rings (SSSR count). The summed E-state index contributed by atoms with van der Waals surface area (Å²) in [5, 5.41) is 99.1. The van der Waals surface area contributed by atoms with Gasteiger partial charge in [-0.05, 0) is 84.0 Å². The molecule has 0 spiro atoms. The fraction of sp³-hybridized carbons (Fsp3) is 0.951. The normalized spacial score (nSPS) is 50.4. The summed E-state index contributed by atoms with van der Waals surface area (Å²) in [6.45, 7) is 12.8. The van der Waals surface area contributed by atoms with Crippen LogP contribution >= 0.6 is 0 Å². The van der Waals surface area contributed by atoms with Crippen molar-refractivity contribution in [3.05, 3.63) is 11.6 Å². The summed E-state index contributed by atoms with van der Waals surface area (Å²) < 4.78 is 28.7. The van der Waals surface area contributed by atoms with E-state index < -0.39 is 96.0 Å². The lowest BCUT2D eigenvalue weighted by Crippen LogP contribution is -2.66. The Hall–Kier alpha value is -0.820. The number of aliphatic hydroxyl groups excluding tert-OH is 8. The molecule has 55 heavy (non-hydrogen) atoms.